The number of hydrogen-bond acceptors (Lipinski definition) is 18. The van der Waals surface area contributed by atoms with Crippen molar-refractivity contribution < 1.29 is 29.1 Å². The fourth-order valence-corrected chi connectivity index (χ4v) is 15.2. The molecule has 5 N–H and O–H groups in total. The molecule has 4 aromatic heterocycles. The molecule has 0 radical (unpaired) electrons. The van der Waals surface area contributed by atoms with E-state index >= 15 is 0 Å². The van der Waals surface area contributed by atoms with E-state index in [0.717, 1.165) is 130 Å². The minimum atomic E-state index is -0.803. The molecule has 1 aliphatic carbocycles. The number of hydrogen-bond donors (Lipinski definition) is 4. The van der Waals surface area contributed by atoms with Crippen LogP contribution in [0, 0.1) is 24.7 Å². The van der Waals surface area contributed by atoms with Crippen molar-refractivity contribution in [3.63, 3.8) is 0 Å². The number of nitrogen functional groups attached to an aromatic ring is 1. The number of nitrogens with one attached hydrogen (secondary N) is 1. The van der Waals surface area contributed by atoms with Gasteiger partial charge in [0.15, 0.2) is 17.4 Å². The van der Waals surface area contributed by atoms with Crippen molar-refractivity contribution in [3.8, 4) is 33.3 Å². The fraction of sp³-hybridized carbons (Fsp3) is 0.540. The number of pyridine rings is 1. The van der Waals surface area contributed by atoms with Gasteiger partial charge in [-0.1, -0.05) is 55.4 Å². The second kappa shape index (κ2) is 24.0. The van der Waals surface area contributed by atoms with Crippen molar-refractivity contribution in [2.45, 2.75) is 141 Å². The monoisotopic (exact) mass is 1150 g/mol. The lowest BCUT2D eigenvalue weighted by atomic mass is 9.81. The number of phenols is 1. The third kappa shape index (κ3) is 12.0. The number of aliphatic hydroxyl groups is 1. The molecule has 9 heterocycles. The predicted octanol–water partition coefficient (Wildman–Crippen LogP) is 8.15. The lowest BCUT2D eigenvalue weighted by Gasteiger charge is -2.48. The molecule has 1 saturated carbocycles. The van der Waals surface area contributed by atoms with Gasteiger partial charge in [-0.05, 0) is 119 Å². The molecule has 2 bridgehead atoms. The van der Waals surface area contributed by atoms with E-state index in [0.29, 0.717) is 64.7 Å². The largest absolute Gasteiger partial charge is 0.507 e. The van der Waals surface area contributed by atoms with Gasteiger partial charge < -0.3 is 50.1 Å². The van der Waals surface area contributed by atoms with Gasteiger partial charge in [0.2, 0.25) is 17.7 Å². The summed E-state index contributed by atoms with van der Waals surface area (Å²) in [5.41, 5.74) is 14.5. The molecule has 2 aromatic carbocycles. The maximum Gasteiger partial charge on any atom is 0.243 e. The fourth-order valence-electron chi connectivity index (χ4n) is 14.4. The number of likely N-dealkylation sites (tertiary alicyclic amines) is 1. The van der Waals surface area contributed by atoms with Crippen LogP contribution in [0.5, 0.6) is 11.6 Å². The number of benzene rings is 2. The quantitative estimate of drug-likeness (QED) is 0.0677. The van der Waals surface area contributed by atoms with Gasteiger partial charge in [0.25, 0.3) is 0 Å². The molecule has 6 fully saturated rings. The highest BCUT2D eigenvalue weighted by Gasteiger charge is 2.45. The third-order valence-corrected chi connectivity index (χ3v) is 19.8. The minimum absolute atomic E-state index is 0.0860. The molecule has 0 spiro atoms. The number of thiazole rings is 1. The standard InChI is InChI=1S/C63H81N13O6S/c1-37(2)59(63(80)75-35-49(77)26-54(75)62(79)67-40(5)44-11-13-45(14-12-44)60-41(6)66-36-83-60)56-28-57(70-82-56)72-21-18-42(19-22-72)32-74-38(3)29-71(30-39(74)4)31-43-23-50(24-43)81-58-25-46(17-20-65-58)76-47-15-16-48(76)34-73(33-47)53-27-52(68-69-61(53)64)51-9-7-8-10-55(51)78/h7-14,17,20,25,27-28,36-40,42-43,47-50,54,59,77-78H,15-16,18-19,21-24,26,29-35H2,1-6H3,(H2,64,69)(H,67,79)/t38?,39?,40-,43?,47+,48?,49+,50?,54-,59+/m0/s1. The zero-order chi connectivity index (χ0) is 57.6. The summed E-state index contributed by atoms with van der Waals surface area (Å²) in [6.45, 7) is 20.4. The van der Waals surface area contributed by atoms with Crippen LogP contribution >= 0.6 is 11.3 Å². The van der Waals surface area contributed by atoms with E-state index in [4.69, 9.17) is 15.0 Å². The topological polar surface area (TPSA) is 219 Å². The first-order valence-corrected chi connectivity index (χ1v) is 31.0. The van der Waals surface area contributed by atoms with Gasteiger partial charge in [0.05, 0.1) is 39.6 Å². The number of aliphatic hydroxyl groups excluding tert-OH is 1. The van der Waals surface area contributed by atoms with Crippen LogP contribution in [0.3, 0.4) is 0 Å². The van der Waals surface area contributed by atoms with Crippen LogP contribution in [0.15, 0.2) is 89.0 Å². The summed E-state index contributed by atoms with van der Waals surface area (Å²) in [5, 5.41) is 37.6. The summed E-state index contributed by atoms with van der Waals surface area (Å²) in [5.74, 6) is 2.38. The molecule has 5 aliphatic heterocycles. The molecular formula is C63H81N13O6S. The van der Waals surface area contributed by atoms with Gasteiger partial charge in [-0.3, -0.25) is 19.4 Å². The Morgan fingerprint density at radius 3 is 2.28 bits per heavy atom. The number of piperidine rings is 1. The van der Waals surface area contributed by atoms with Gasteiger partial charge in [0, 0.05) is 119 Å². The predicted molar refractivity (Wildman–Crippen MR) is 322 cm³/mol. The molecule has 8 atom stereocenters. The Bertz CT molecular complexity index is 3210. The van der Waals surface area contributed by atoms with Gasteiger partial charge >= 0.3 is 0 Å². The van der Waals surface area contributed by atoms with E-state index in [-0.39, 0.29) is 48.6 Å². The maximum absolute atomic E-state index is 14.5. The molecule has 2 amide bonds. The SMILES string of the molecule is Cc1ncsc1-c1ccc([C@H](C)NC(=O)[C@@H]2C[C@@H](O)CN2C(=O)[C@@H](c2cc(N3CCC(CN4C(C)CN(CC5CC(Oc6cc(N7C8CC[C@@H]7CN(c7cc(-c9ccccc9O)nnc7N)C8)ccn6)C5)CC4C)CC3)no2)C(C)C)cc1. The number of aryl methyl sites for hydroxylation is 1. The molecule has 20 heteroatoms. The maximum atomic E-state index is 14.5. The van der Waals surface area contributed by atoms with Crippen LogP contribution in [0.4, 0.5) is 23.0 Å². The summed E-state index contributed by atoms with van der Waals surface area (Å²) >= 11 is 1.60. The first-order chi connectivity index (χ1) is 40.1. The number of aromatic nitrogens is 5. The number of aromatic hydroxyl groups is 1. The first kappa shape index (κ1) is 56.6. The number of ether oxygens (including phenoxy) is 1. The number of amides is 2. The Kier molecular flexibility index (Phi) is 16.4. The van der Waals surface area contributed by atoms with Crippen molar-refractivity contribution >= 4 is 46.2 Å². The van der Waals surface area contributed by atoms with Crippen LogP contribution in [0.2, 0.25) is 0 Å². The zero-order valence-electron chi connectivity index (χ0n) is 48.8. The second-order valence-electron chi connectivity index (χ2n) is 25.0. The Morgan fingerprint density at radius 2 is 1.58 bits per heavy atom. The summed E-state index contributed by atoms with van der Waals surface area (Å²) < 4.78 is 12.6. The number of carbonyl (C=O) groups is 2. The zero-order valence-corrected chi connectivity index (χ0v) is 49.6. The molecule has 440 valence electrons. The first-order valence-electron chi connectivity index (χ1n) is 30.2. The molecular weight excluding hydrogens is 1070 g/mol. The third-order valence-electron chi connectivity index (χ3n) is 18.8. The number of rotatable bonds is 17. The van der Waals surface area contributed by atoms with Gasteiger partial charge in [-0.15, -0.1) is 21.5 Å². The molecule has 12 rings (SSSR count). The van der Waals surface area contributed by atoms with Gasteiger partial charge in [-0.2, -0.15) is 0 Å². The average Bonchev–Trinajstić information content (AvgIpc) is 4.49. The van der Waals surface area contributed by atoms with Crippen molar-refractivity contribution in [3.05, 3.63) is 102 Å². The minimum Gasteiger partial charge on any atom is -0.507 e. The number of anilines is 4. The number of carbonyl (C=O) groups excluding carboxylic acids is 2. The molecule has 83 heavy (non-hydrogen) atoms. The summed E-state index contributed by atoms with van der Waals surface area (Å²) in [7, 11) is 0. The van der Waals surface area contributed by atoms with Crippen molar-refractivity contribution in [2.24, 2.45) is 17.8 Å². The van der Waals surface area contributed by atoms with E-state index in [1.54, 1.807) is 28.4 Å². The summed E-state index contributed by atoms with van der Waals surface area (Å²) in [6.07, 6.45) is 7.78. The van der Waals surface area contributed by atoms with Crippen LogP contribution in [-0.2, 0) is 9.59 Å². The number of nitrogens with zero attached hydrogens (tertiary/aromatic N) is 11. The highest BCUT2D eigenvalue weighted by Crippen LogP contribution is 2.42. The van der Waals surface area contributed by atoms with Crippen LogP contribution in [0.1, 0.15) is 109 Å². The van der Waals surface area contributed by atoms with E-state index < -0.39 is 18.1 Å². The molecule has 19 nitrogen and oxygen atoms in total. The van der Waals surface area contributed by atoms with E-state index in [1.807, 2.05) is 87.9 Å². The second-order valence-corrected chi connectivity index (χ2v) is 25.9. The lowest BCUT2D eigenvalue weighted by Crippen LogP contribution is -2.59. The van der Waals surface area contributed by atoms with Crippen molar-refractivity contribution in [2.75, 3.05) is 79.3 Å². The van der Waals surface area contributed by atoms with Gasteiger partial charge in [-0.25, -0.2) is 9.97 Å². The number of phenolic OH excluding ortho intramolecular Hbond substituents is 1. The Balaban J connectivity index is 0.581. The van der Waals surface area contributed by atoms with E-state index in [1.165, 1.54) is 0 Å². The highest BCUT2D eigenvalue weighted by molar-refractivity contribution is 7.13. The molecule has 6 aromatic rings. The number of nitrogens with two attached hydrogens (primary N) is 1. The van der Waals surface area contributed by atoms with Crippen molar-refractivity contribution in [1.29, 1.82) is 0 Å². The normalized spacial score (nSPS) is 25.9. The molecule has 6 aliphatic rings. The summed E-state index contributed by atoms with van der Waals surface area (Å²) in [4.78, 5) is 52.6. The van der Waals surface area contributed by atoms with Crippen LogP contribution < -0.4 is 30.5 Å². The highest BCUT2D eigenvalue weighted by atomic mass is 32.1. The van der Waals surface area contributed by atoms with Crippen LogP contribution in [0.25, 0.3) is 21.7 Å². The Hall–Kier alpha value is -6.87. The number of fused-ring (bicyclic) bond motifs is 2. The van der Waals surface area contributed by atoms with E-state index in [9.17, 15) is 19.8 Å². The number of para-hydroxylation sites is 1. The van der Waals surface area contributed by atoms with Crippen molar-refractivity contribution in [1.82, 2.24) is 45.3 Å². The summed E-state index contributed by atoms with van der Waals surface area (Å²) in [6, 6.07) is 23.9. The Morgan fingerprint density at radius 1 is 0.843 bits per heavy atom. The van der Waals surface area contributed by atoms with E-state index in [2.05, 4.69) is 81.1 Å². The number of piperazine rings is 2. The Labute approximate surface area is 491 Å². The van der Waals surface area contributed by atoms with Gasteiger partial charge in [0.1, 0.15) is 23.8 Å². The molecule has 5 saturated heterocycles. The van der Waals surface area contributed by atoms with Crippen LogP contribution in [-0.4, -0.2) is 163 Å². The smallest absolute Gasteiger partial charge is 0.243 e. The molecule has 3 unspecified atom stereocenters. The lowest BCUT2D eigenvalue weighted by molar-refractivity contribution is -0.141. The number of β-amino-alcohol motifs (C(OH)–C–C–N with tert-alkyl or cyclic N) is 1. The average molecular weight is 1150 g/mol.